The summed E-state index contributed by atoms with van der Waals surface area (Å²) in [6.07, 6.45) is 6.61. The number of carbonyl (C=O) groups excluding carboxylic acids is 1. The third kappa shape index (κ3) is 3.09. The van der Waals surface area contributed by atoms with Crippen molar-refractivity contribution in [1.82, 2.24) is 24.5 Å². The number of hydrogen-bond acceptors (Lipinski definition) is 3. The fourth-order valence-electron chi connectivity index (χ4n) is 3.29. The summed E-state index contributed by atoms with van der Waals surface area (Å²) in [7, 11) is 1.87. The number of nitrogens with one attached hydrogen (secondary N) is 1. The van der Waals surface area contributed by atoms with E-state index >= 15 is 0 Å². The zero-order valence-electron chi connectivity index (χ0n) is 14.0. The van der Waals surface area contributed by atoms with Crippen molar-refractivity contribution >= 4 is 11.8 Å². The highest BCUT2D eigenvalue weighted by molar-refractivity contribution is 5.89. The van der Waals surface area contributed by atoms with Crippen molar-refractivity contribution in [1.29, 1.82) is 0 Å². The Labute approximate surface area is 136 Å². The number of rotatable bonds is 4. The fourth-order valence-corrected chi connectivity index (χ4v) is 3.29. The lowest BCUT2D eigenvalue weighted by Crippen LogP contribution is -2.41. The van der Waals surface area contributed by atoms with Crippen molar-refractivity contribution in [2.75, 3.05) is 11.9 Å². The predicted octanol–water partition coefficient (Wildman–Crippen LogP) is 2.18. The molecule has 0 aliphatic carbocycles. The topological polar surface area (TPSA) is 68.0 Å². The Bertz CT molecular complexity index is 675. The van der Waals surface area contributed by atoms with E-state index in [1.165, 1.54) is 0 Å². The van der Waals surface area contributed by atoms with Crippen LogP contribution < -0.4 is 5.32 Å². The maximum absolute atomic E-state index is 12.7. The highest BCUT2D eigenvalue weighted by Crippen LogP contribution is 2.23. The molecule has 0 bridgehead atoms. The molecule has 1 atom stereocenters. The molecule has 0 radical (unpaired) electrons. The van der Waals surface area contributed by atoms with Crippen LogP contribution >= 0.6 is 0 Å². The van der Waals surface area contributed by atoms with Gasteiger partial charge in [-0.15, -0.1) is 0 Å². The first kappa shape index (κ1) is 15.6. The fraction of sp³-hybridized carbons (Fsp3) is 0.562. The monoisotopic (exact) mass is 316 g/mol. The van der Waals surface area contributed by atoms with Gasteiger partial charge in [0.2, 0.25) is 0 Å². The number of aromatic nitrogens is 4. The summed E-state index contributed by atoms with van der Waals surface area (Å²) in [5.74, 6) is 0.789. The third-order valence-electron chi connectivity index (χ3n) is 4.54. The van der Waals surface area contributed by atoms with Gasteiger partial charge in [-0.3, -0.25) is 14.7 Å². The Hall–Kier alpha value is -2.31. The molecule has 1 fully saturated rings. The van der Waals surface area contributed by atoms with Gasteiger partial charge in [0.1, 0.15) is 5.82 Å². The van der Waals surface area contributed by atoms with E-state index in [4.69, 9.17) is 0 Å². The first-order valence-corrected chi connectivity index (χ1v) is 8.17. The van der Waals surface area contributed by atoms with Crippen molar-refractivity contribution in [3.05, 3.63) is 29.7 Å². The van der Waals surface area contributed by atoms with Crippen LogP contribution in [0, 0.1) is 6.92 Å². The highest BCUT2D eigenvalue weighted by Gasteiger charge is 2.30. The van der Waals surface area contributed by atoms with Crippen LogP contribution in [-0.2, 0) is 20.0 Å². The van der Waals surface area contributed by atoms with Crippen LogP contribution in [0.1, 0.15) is 31.0 Å². The summed E-state index contributed by atoms with van der Waals surface area (Å²) >= 11 is 0. The van der Waals surface area contributed by atoms with Gasteiger partial charge < -0.3 is 4.90 Å². The maximum atomic E-state index is 12.7. The molecule has 1 N–H and O–H groups in total. The second-order valence-electron chi connectivity index (χ2n) is 6.05. The van der Waals surface area contributed by atoms with Gasteiger partial charge in [-0.1, -0.05) is 6.92 Å². The summed E-state index contributed by atoms with van der Waals surface area (Å²) < 4.78 is 3.64. The van der Waals surface area contributed by atoms with Crippen molar-refractivity contribution in [2.45, 2.75) is 45.7 Å². The van der Waals surface area contributed by atoms with E-state index in [1.807, 2.05) is 35.8 Å². The van der Waals surface area contributed by atoms with Gasteiger partial charge >= 0.3 is 6.03 Å². The van der Waals surface area contributed by atoms with Crippen LogP contribution in [0.25, 0.3) is 0 Å². The van der Waals surface area contributed by atoms with Crippen LogP contribution in [0.3, 0.4) is 0 Å². The molecule has 2 amide bonds. The summed E-state index contributed by atoms with van der Waals surface area (Å²) in [4.78, 5) is 14.6. The van der Waals surface area contributed by atoms with Crippen molar-refractivity contribution in [3.63, 3.8) is 0 Å². The average Bonchev–Trinajstić information content (AvgIpc) is 3.25. The molecule has 1 aliphatic heterocycles. The molecule has 7 heteroatoms. The standard InChI is InChI=1S/C16H24N6O/c1-4-14-12(2)15(20(3)19-14)18-16(23)22-10-5-7-13(22)11-21-9-6-8-17-21/h6,8-9,13H,4-5,7,10-11H2,1-3H3,(H,18,23). The number of anilines is 1. The maximum Gasteiger partial charge on any atom is 0.323 e. The number of nitrogens with zero attached hydrogens (tertiary/aromatic N) is 5. The largest absolute Gasteiger partial charge is 0.323 e. The summed E-state index contributed by atoms with van der Waals surface area (Å²) in [5, 5.41) is 11.7. The van der Waals surface area contributed by atoms with E-state index in [-0.39, 0.29) is 12.1 Å². The molecular weight excluding hydrogens is 292 g/mol. The number of urea groups is 1. The highest BCUT2D eigenvalue weighted by atomic mass is 16.2. The first-order chi connectivity index (χ1) is 11.1. The van der Waals surface area contributed by atoms with E-state index in [9.17, 15) is 4.79 Å². The summed E-state index contributed by atoms with van der Waals surface area (Å²) in [6.45, 7) is 5.61. The molecule has 2 aromatic rings. The Morgan fingerprint density at radius 3 is 2.96 bits per heavy atom. The summed E-state index contributed by atoms with van der Waals surface area (Å²) in [5.41, 5.74) is 2.07. The van der Waals surface area contributed by atoms with Crippen LogP contribution in [0.2, 0.25) is 0 Å². The first-order valence-electron chi connectivity index (χ1n) is 8.17. The van der Waals surface area contributed by atoms with Crippen molar-refractivity contribution in [3.8, 4) is 0 Å². The molecule has 0 saturated carbocycles. The number of hydrogen-bond donors (Lipinski definition) is 1. The van der Waals surface area contributed by atoms with Gasteiger partial charge in [-0.05, 0) is 32.3 Å². The Morgan fingerprint density at radius 2 is 2.30 bits per heavy atom. The van der Waals surface area contributed by atoms with E-state index in [1.54, 1.807) is 10.9 Å². The Balaban J connectivity index is 1.71. The van der Waals surface area contributed by atoms with Gasteiger partial charge in [-0.2, -0.15) is 10.2 Å². The van der Waals surface area contributed by atoms with Crippen LogP contribution in [0.4, 0.5) is 10.6 Å². The van der Waals surface area contributed by atoms with E-state index < -0.39 is 0 Å². The second-order valence-corrected chi connectivity index (χ2v) is 6.05. The minimum absolute atomic E-state index is 0.0478. The summed E-state index contributed by atoms with van der Waals surface area (Å²) in [6, 6.07) is 2.05. The zero-order valence-corrected chi connectivity index (χ0v) is 14.0. The van der Waals surface area contributed by atoms with Crippen LogP contribution in [-0.4, -0.2) is 43.1 Å². The number of aryl methyl sites for hydroxylation is 2. The van der Waals surface area contributed by atoms with Crippen molar-refractivity contribution in [2.24, 2.45) is 7.05 Å². The van der Waals surface area contributed by atoms with Gasteiger partial charge in [-0.25, -0.2) is 4.79 Å². The minimum Gasteiger partial charge on any atom is -0.320 e. The molecule has 7 nitrogen and oxygen atoms in total. The quantitative estimate of drug-likeness (QED) is 0.940. The van der Waals surface area contributed by atoms with Gasteiger partial charge in [0.25, 0.3) is 0 Å². The van der Waals surface area contributed by atoms with Crippen LogP contribution in [0.5, 0.6) is 0 Å². The number of carbonyl (C=O) groups is 1. The second kappa shape index (κ2) is 6.44. The van der Waals surface area contributed by atoms with E-state index in [0.717, 1.165) is 49.4 Å². The molecular formula is C16H24N6O. The van der Waals surface area contributed by atoms with E-state index in [2.05, 4.69) is 22.4 Å². The molecule has 124 valence electrons. The molecule has 1 aliphatic rings. The Kier molecular flexibility index (Phi) is 4.36. The molecule has 1 unspecified atom stereocenters. The van der Waals surface area contributed by atoms with E-state index in [0.29, 0.717) is 0 Å². The molecule has 1 saturated heterocycles. The van der Waals surface area contributed by atoms with Crippen LogP contribution in [0.15, 0.2) is 18.5 Å². The lowest BCUT2D eigenvalue weighted by molar-refractivity contribution is 0.199. The number of likely N-dealkylation sites (tertiary alicyclic amines) is 1. The van der Waals surface area contributed by atoms with Gasteiger partial charge in [0, 0.05) is 31.5 Å². The Morgan fingerprint density at radius 1 is 1.48 bits per heavy atom. The average molecular weight is 316 g/mol. The predicted molar refractivity (Wildman–Crippen MR) is 88.3 cm³/mol. The lowest BCUT2D eigenvalue weighted by Gasteiger charge is -2.25. The third-order valence-corrected chi connectivity index (χ3v) is 4.54. The SMILES string of the molecule is CCc1nn(C)c(NC(=O)N2CCCC2Cn2cccn2)c1C. The zero-order chi connectivity index (χ0) is 16.4. The molecule has 3 rings (SSSR count). The minimum atomic E-state index is -0.0478. The van der Waals surface area contributed by atoms with Crippen molar-refractivity contribution < 1.29 is 4.79 Å². The molecule has 0 spiro atoms. The lowest BCUT2D eigenvalue weighted by atomic mass is 10.2. The van der Waals surface area contributed by atoms with Gasteiger partial charge in [0.05, 0.1) is 18.3 Å². The normalized spacial score (nSPS) is 17.7. The molecule has 2 aromatic heterocycles. The number of amides is 2. The smallest absolute Gasteiger partial charge is 0.320 e. The molecule has 3 heterocycles. The molecule has 0 aromatic carbocycles. The van der Waals surface area contributed by atoms with Gasteiger partial charge in [0.15, 0.2) is 0 Å². The molecule has 23 heavy (non-hydrogen) atoms.